The van der Waals surface area contributed by atoms with Gasteiger partial charge in [-0.05, 0) is 87.5 Å². The molecule has 0 bridgehead atoms. The van der Waals surface area contributed by atoms with Gasteiger partial charge in [0.15, 0.2) is 0 Å². The lowest BCUT2D eigenvalue weighted by Crippen LogP contribution is -2.05. The van der Waals surface area contributed by atoms with E-state index in [1.807, 2.05) is 24.3 Å². The second-order valence-electron chi connectivity index (χ2n) is 12.3. The predicted molar refractivity (Wildman–Crippen MR) is 191 cm³/mol. The van der Waals surface area contributed by atoms with E-state index in [-0.39, 0.29) is 5.92 Å². The first-order valence-corrected chi connectivity index (χ1v) is 16.0. The number of aromatic nitrogens is 1. The summed E-state index contributed by atoms with van der Waals surface area (Å²) in [7, 11) is 0. The maximum Gasteiger partial charge on any atom is 0.145 e. The number of hydrogen-bond acceptors (Lipinski definition) is 2. The van der Waals surface area contributed by atoms with Crippen molar-refractivity contribution in [1.29, 1.82) is 5.26 Å². The summed E-state index contributed by atoms with van der Waals surface area (Å²) in [5, 5.41) is 14.9. The second kappa shape index (κ2) is 9.81. The molecule has 3 heteroatoms. The highest BCUT2D eigenvalue weighted by atomic mass is 16.3. The van der Waals surface area contributed by atoms with Gasteiger partial charge in [0, 0.05) is 27.8 Å². The summed E-state index contributed by atoms with van der Waals surface area (Å²) in [6, 6.07) is 55.9. The molecule has 218 valence electrons. The lowest BCUT2D eigenvalue weighted by molar-refractivity contribution is 0.673. The van der Waals surface area contributed by atoms with Gasteiger partial charge in [0.05, 0.1) is 28.1 Å². The fourth-order valence-corrected chi connectivity index (χ4v) is 8.00. The molecule has 0 radical (unpaired) electrons. The number of hydrogen-bond donors (Lipinski definition) is 0. The standard InChI is InChI=1S/C44H26N2O/c45-26-28-11-10-19-30(41(28)42-34-17-6-4-14-31(34)32-15-5-7-18-35(32)42)27-21-23-38-37(25-27)43-39(46(38)29-12-2-1-3-13-29)24-22-36-33-16-8-9-20-40(33)47-44(36)43/h1-25,42H. The van der Waals surface area contributed by atoms with Crippen molar-refractivity contribution in [2.75, 3.05) is 0 Å². The van der Waals surface area contributed by atoms with E-state index in [0.717, 1.165) is 66.1 Å². The normalized spacial score (nSPS) is 12.6. The van der Waals surface area contributed by atoms with Crippen LogP contribution in [0.5, 0.6) is 0 Å². The molecule has 0 amide bonds. The molecule has 2 aromatic heterocycles. The topological polar surface area (TPSA) is 41.9 Å². The number of nitrogens with zero attached hydrogens (tertiary/aromatic N) is 2. The van der Waals surface area contributed by atoms with Crippen molar-refractivity contribution in [3.63, 3.8) is 0 Å². The molecule has 3 nitrogen and oxygen atoms in total. The minimum atomic E-state index is -0.0447. The third-order valence-corrected chi connectivity index (χ3v) is 9.95. The van der Waals surface area contributed by atoms with Crippen molar-refractivity contribution in [2.24, 2.45) is 0 Å². The summed E-state index contributed by atoms with van der Waals surface area (Å²) < 4.78 is 8.96. The van der Waals surface area contributed by atoms with Gasteiger partial charge in [-0.25, -0.2) is 0 Å². The SMILES string of the molecule is N#Cc1cccc(-c2ccc3c(c2)c2c4oc5ccccc5c4ccc2n3-c2ccccc2)c1C1c2ccccc2-c2ccccc21. The van der Waals surface area contributed by atoms with Crippen LogP contribution in [-0.2, 0) is 0 Å². The number of rotatable bonds is 3. The molecule has 0 saturated heterocycles. The van der Waals surface area contributed by atoms with Crippen LogP contribution in [-0.4, -0.2) is 4.57 Å². The van der Waals surface area contributed by atoms with Crippen LogP contribution in [0.1, 0.15) is 28.2 Å². The van der Waals surface area contributed by atoms with Gasteiger partial charge in [0.2, 0.25) is 0 Å². The minimum Gasteiger partial charge on any atom is -0.455 e. The fourth-order valence-electron chi connectivity index (χ4n) is 8.00. The van der Waals surface area contributed by atoms with Gasteiger partial charge in [-0.2, -0.15) is 5.26 Å². The van der Waals surface area contributed by atoms with Crippen molar-refractivity contribution >= 4 is 43.7 Å². The van der Waals surface area contributed by atoms with Crippen LogP contribution in [0, 0.1) is 11.3 Å². The maximum absolute atomic E-state index is 10.5. The first-order valence-electron chi connectivity index (χ1n) is 16.0. The van der Waals surface area contributed by atoms with E-state index in [2.05, 4.69) is 138 Å². The summed E-state index contributed by atoms with van der Waals surface area (Å²) in [4.78, 5) is 0. The van der Waals surface area contributed by atoms with E-state index >= 15 is 0 Å². The number of benzene rings is 7. The summed E-state index contributed by atoms with van der Waals surface area (Å²) in [6.45, 7) is 0. The van der Waals surface area contributed by atoms with Crippen LogP contribution in [0.3, 0.4) is 0 Å². The molecule has 0 aliphatic heterocycles. The molecule has 2 heterocycles. The molecule has 7 aromatic carbocycles. The Bertz CT molecular complexity index is 2710. The highest BCUT2D eigenvalue weighted by molar-refractivity contribution is 6.24. The third kappa shape index (κ3) is 3.61. The highest BCUT2D eigenvalue weighted by Crippen LogP contribution is 2.51. The predicted octanol–water partition coefficient (Wildman–Crippen LogP) is 11.4. The summed E-state index contributed by atoms with van der Waals surface area (Å²) in [6.07, 6.45) is 0. The third-order valence-electron chi connectivity index (χ3n) is 9.95. The zero-order valence-electron chi connectivity index (χ0n) is 25.3. The molecule has 0 N–H and O–H groups in total. The molecule has 10 rings (SSSR count). The van der Waals surface area contributed by atoms with Gasteiger partial charge >= 0.3 is 0 Å². The lowest BCUT2D eigenvalue weighted by Gasteiger charge is -2.20. The number of fused-ring (bicyclic) bond motifs is 10. The van der Waals surface area contributed by atoms with Crippen molar-refractivity contribution in [1.82, 2.24) is 4.57 Å². The lowest BCUT2D eigenvalue weighted by atomic mass is 9.81. The fraction of sp³-hybridized carbons (Fsp3) is 0.0227. The molecule has 0 atom stereocenters. The van der Waals surface area contributed by atoms with Crippen molar-refractivity contribution in [3.8, 4) is 34.0 Å². The van der Waals surface area contributed by atoms with Gasteiger partial charge in [-0.1, -0.05) is 103 Å². The molecular weight excluding hydrogens is 572 g/mol. The van der Waals surface area contributed by atoms with Gasteiger partial charge in [0.25, 0.3) is 0 Å². The van der Waals surface area contributed by atoms with E-state index in [1.54, 1.807) is 0 Å². The average Bonchev–Trinajstić information content (AvgIpc) is 3.79. The van der Waals surface area contributed by atoms with Gasteiger partial charge in [-0.3, -0.25) is 0 Å². The largest absolute Gasteiger partial charge is 0.455 e. The quantitative estimate of drug-likeness (QED) is 0.203. The Balaban J connectivity index is 1.30. The zero-order chi connectivity index (χ0) is 31.1. The number of para-hydroxylation sites is 2. The highest BCUT2D eigenvalue weighted by Gasteiger charge is 2.33. The second-order valence-corrected chi connectivity index (χ2v) is 12.3. The molecule has 0 unspecified atom stereocenters. The smallest absolute Gasteiger partial charge is 0.145 e. The zero-order valence-corrected chi connectivity index (χ0v) is 25.3. The van der Waals surface area contributed by atoms with Gasteiger partial charge in [0.1, 0.15) is 11.2 Å². The van der Waals surface area contributed by atoms with E-state index < -0.39 is 0 Å². The van der Waals surface area contributed by atoms with Crippen LogP contribution in [0.25, 0.3) is 71.7 Å². The Morgan fingerprint density at radius 3 is 2.02 bits per heavy atom. The summed E-state index contributed by atoms with van der Waals surface area (Å²) in [5.74, 6) is -0.0447. The monoisotopic (exact) mass is 598 g/mol. The average molecular weight is 599 g/mol. The van der Waals surface area contributed by atoms with Crippen LogP contribution in [0.4, 0.5) is 0 Å². The first-order chi connectivity index (χ1) is 23.3. The Morgan fingerprint density at radius 1 is 0.553 bits per heavy atom. The Hall–Kier alpha value is -6.37. The minimum absolute atomic E-state index is 0.0447. The molecule has 0 fully saturated rings. The molecule has 0 saturated carbocycles. The van der Waals surface area contributed by atoms with Crippen molar-refractivity contribution in [2.45, 2.75) is 5.92 Å². The maximum atomic E-state index is 10.5. The molecule has 9 aromatic rings. The number of furan rings is 1. The van der Waals surface area contributed by atoms with Crippen molar-refractivity contribution in [3.05, 3.63) is 174 Å². The van der Waals surface area contributed by atoms with Crippen molar-refractivity contribution < 1.29 is 4.42 Å². The van der Waals surface area contributed by atoms with Crippen LogP contribution in [0.15, 0.2) is 156 Å². The Morgan fingerprint density at radius 2 is 1.23 bits per heavy atom. The summed E-state index contributed by atoms with van der Waals surface area (Å²) >= 11 is 0. The van der Waals surface area contributed by atoms with E-state index in [4.69, 9.17) is 4.42 Å². The van der Waals surface area contributed by atoms with E-state index in [9.17, 15) is 5.26 Å². The van der Waals surface area contributed by atoms with Gasteiger partial charge in [-0.15, -0.1) is 0 Å². The summed E-state index contributed by atoms with van der Waals surface area (Å²) in [5.41, 5.74) is 13.9. The molecular formula is C44H26N2O. The Labute approximate surface area is 271 Å². The molecule has 1 aliphatic carbocycles. The molecule has 1 aliphatic rings. The molecule has 47 heavy (non-hydrogen) atoms. The molecule has 0 spiro atoms. The first kappa shape index (κ1) is 25.9. The van der Waals surface area contributed by atoms with Crippen LogP contribution < -0.4 is 0 Å². The Kier molecular flexibility index (Phi) is 5.41. The number of nitriles is 1. The van der Waals surface area contributed by atoms with E-state index in [0.29, 0.717) is 5.56 Å². The van der Waals surface area contributed by atoms with E-state index in [1.165, 1.54) is 22.3 Å². The van der Waals surface area contributed by atoms with Crippen LogP contribution >= 0.6 is 0 Å². The van der Waals surface area contributed by atoms with Crippen LogP contribution in [0.2, 0.25) is 0 Å². The van der Waals surface area contributed by atoms with Gasteiger partial charge < -0.3 is 8.98 Å².